The van der Waals surface area contributed by atoms with Crippen molar-refractivity contribution in [3.63, 3.8) is 0 Å². The number of rotatable bonds is 5. The summed E-state index contributed by atoms with van der Waals surface area (Å²) in [5.74, 6) is -4.48. The number of aromatic nitrogens is 1. The lowest BCUT2D eigenvalue weighted by atomic mass is 9.61. The standard InChI is InChI=1S/C28H29N3O4/c1-17-8-4-6-10-20(17)30-26(33)24-22(32)16-28(3,35)25(23(24)19-12-14-29-15-13-19)27(34)31-21-11-7-5-9-18(21)2/h4-15,23-25,35H,16H2,1-3H3,(H,30,33)(H,31,34)/t23-,24-,25-,28+/m1/s1. The fourth-order valence-corrected chi connectivity index (χ4v) is 4.92. The maximum absolute atomic E-state index is 13.7. The van der Waals surface area contributed by atoms with E-state index in [0.717, 1.165) is 11.1 Å². The van der Waals surface area contributed by atoms with Crippen LogP contribution < -0.4 is 10.6 Å². The van der Waals surface area contributed by atoms with E-state index in [1.807, 2.05) is 44.2 Å². The molecule has 180 valence electrons. The third kappa shape index (κ3) is 5.00. The van der Waals surface area contributed by atoms with Crippen molar-refractivity contribution in [2.24, 2.45) is 11.8 Å². The zero-order chi connectivity index (χ0) is 25.2. The minimum absolute atomic E-state index is 0.313. The summed E-state index contributed by atoms with van der Waals surface area (Å²) in [4.78, 5) is 44.6. The van der Waals surface area contributed by atoms with Crippen molar-refractivity contribution < 1.29 is 19.5 Å². The Morgan fingerprint density at radius 1 is 0.886 bits per heavy atom. The molecule has 1 saturated carbocycles. The third-order valence-electron chi connectivity index (χ3n) is 6.73. The third-order valence-corrected chi connectivity index (χ3v) is 6.73. The van der Waals surface area contributed by atoms with E-state index in [1.165, 1.54) is 6.92 Å². The molecule has 2 aromatic carbocycles. The van der Waals surface area contributed by atoms with Gasteiger partial charge in [0.05, 0.1) is 11.5 Å². The van der Waals surface area contributed by atoms with Gasteiger partial charge >= 0.3 is 0 Å². The van der Waals surface area contributed by atoms with Crippen molar-refractivity contribution >= 4 is 29.0 Å². The van der Waals surface area contributed by atoms with Crippen molar-refractivity contribution in [3.8, 4) is 0 Å². The maximum Gasteiger partial charge on any atom is 0.235 e. The Labute approximate surface area is 204 Å². The molecule has 0 bridgehead atoms. The van der Waals surface area contributed by atoms with Crippen LogP contribution in [0.3, 0.4) is 0 Å². The number of aryl methyl sites for hydroxylation is 2. The quantitative estimate of drug-likeness (QED) is 0.487. The molecule has 0 spiro atoms. The van der Waals surface area contributed by atoms with Gasteiger partial charge in [0.25, 0.3) is 0 Å². The van der Waals surface area contributed by atoms with Gasteiger partial charge in [-0.3, -0.25) is 19.4 Å². The first-order chi connectivity index (χ1) is 16.7. The van der Waals surface area contributed by atoms with Crippen LogP contribution in [0.2, 0.25) is 0 Å². The highest BCUT2D eigenvalue weighted by atomic mass is 16.3. The van der Waals surface area contributed by atoms with E-state index in [4.69, 9.17) is 0 Å². The number of nitrogens with one attached hydrogen (secondary N) is 2. The number of benzene rings is 2. The first kappa shape index (κ1) is 24.3. The summed E-state index contributed by atoms with van der Waals surface area (Å²) in [6, 6.07) is 18.0. The topological polar surface area (TPSA) is 108 Å². The SMILES string of the molecule is Cc1ccccc1NC(=O)[C@@H]1C(=O)C[C@](C)(O)[C@@H](C(=O)Nc2ccccc2C)[C@@H]1c1ccncc1. The van der Waals surface area contributed by atoms with E-state index in [2.05, 4.69) is 15.6 Å². The van der Waals surface area contributed by atoms with E-state index in [9.17, 15) is 19.5 Å². The van der Waals surface area contributed by atoms with Crippen LogP contribution in [0.1, 0.15) is 36.0 Å². The Bertz CT molecular complexity index is 1260. The fraction of sp³-hybridized carbons (Fsp3) is 0.286. The van der Waals surface area contributed by atoms with Gasteiger partial charge in [0.2, 0.25) is 11.8 Å². The van der Waals surface area contributed by atoms with Crippen LogP contribution in [-0.2, 0) is 14.4 Å². The highest BCUT2D eigenvalue weighted by Gasteiger charge is 2.55. The highest BCUT2D eigenvalue weighted by Crippen LogP contribution is 2.46. The van der Waals surface area contributed by atoms with Gasteiger partial charge in [0, 0.05) is 36.1 Å². The summed E-state index contributed by atoms with van der Waals surface area (Å²) >= 11 is 0. The van der Waals surface area contributed by atoms with Crippen molar-refractivity contribution in [3.05, 3.63) is 89.7 Å². The normalized spacial score (nSPS) is 24.0. The fourth-order valence-electron chi connectivity index (χ4n) is 4.92. The van der Waals surface area contributed by atoms with Crippen molar-refractivity contribution in [2.45, 2.75) is 38.7 Å². The van der Waals surface area contributed by atoms with Crippen molar-refractivity contribution in [1.82, 2.24) is 4.98 Å². The number of nitrogens with zero attached hydrogens (tertiary/aromatic N) is 1. The molecule has 4 rings (SSSR count). The number of hydrogen-bond donors (Lipinski definition) is 3. The monoisotopic (exact) mass is 471 g/mol. The summed E-state index contributed by atoms with van der Waals surface area (Å²) < 4.78 is 0. The number of amides is 2. The lowest BCUT2D eigenvalue weighted by Crippen LogP contribution is -2.56. The Kier molecular flexibility index (Phi) is 6.80. The lowest BCUT2D eigenvalue weighted by Gasteiger charge is -2.44. The second kappa shape index (κ2) is 9.80. The van der Waals surface area contributed by atoms with Gasteiger partial charge in [-0.25, -0.2) is 0 Å². The Hall–Kier alpha value is -3.84. The summed E-state index contributed by atoms with van der Waals surface area (Å²) in [5.41, 5.74) is 1.85. The summed E-state index contributed by atoms with van der Waals surface area (Å²) in [7, 11) is 0. The number of ketones is 1. The Morgan fingerprint density at radius 2 is 1.40 bits per heavy atom. The van der Waals surface area contributed by atoms with Crippen LogP contribution >= 0.6 is 0 Å². The van der Waals surface area contributed by atoms with Crippen molar-refractivity contribution in [2.75, 3.05) is 10.6 Å². The van der Waals surface area contributed by atoms with Gasteiger partial charge in [-0.1, -0.05) is 36.4 Å². The first-order valence-electron chi connectivity index (χ1n) is 11.6. The van der Waals surface area contributed by atoms with E-state index in [1.54, 1.807) is 42.7 Å². The molecule has 1 aliphatic carbocycles. The summed E-state index contributed by atoms with van der Waals surface area (Å²) in [5, 5.41) is 17.1. The largest absolute Gasteiger partial charge is 0.389 e. The lowest BCUT2D eigenvalue weighted by molar-refractivity contribution is -0.150. The number of para-hydroxylation sites is 2. The minimum Gasteiger partial charge on any atom is -0.389 e. The zero-order valence-electron chi connectivity index (χ0n) is 20.0. The van der Waals surface area contributed by atoms with Crippen LogP contribution in [0, 0.1) is 25.7 Å². The molecule has 7 heteroatoms. The number of hydrogen-bond acceptors (Lipinski definition) is 5. The predicted molar refractivity (Wildman–Crippen MR) is 134 cm³/mol. The number of anilines is 2. The number of pyridine rings is 1. The second-order valence-corrected chi connectivity index (χ2v) is 9.37. The number of Topliss-reactive ketones (excluding diaryl/α,β-unsaturated/α-hetero) is 1. The molecule has 1 fully saturated rings. The number of aliphatic hydroxyl groups is 1. The first-order valence-corrected chi connectivity index (χ1v) is 11.6. The van der Waals surface area contributed by atoms with Crippen LogP contribution in [0.15, 0.2) is 73.1 Å². The molecular weight excluding hydrogens is 442 g/mol. The minimum atomic E-state index is -1.66. The molecule has 1 aromatic heterocycles. The molecular formula is C28H29N3O4. The molecule has 0 saturated heterocycles. The molecule has 0 radical (unpaired) electrons. The predicted octanol–water partition coefficient (Wildman–Crippen LogP) is 4.02. The molecule has 2 amide bonds. The number of carbonyl (C=O) groups excluding carboxylic acids is 3. The van der Waals surface area contributed by atoms with Gasteiger partial charge in [-0.05, 0) is 61.7 Å². The number of carbonyl (C=O) groups is 3. The van der Waals surface area contributed by atoms with Gasteiger partial charge in [-0.2, -0.15) is 0 Å². The average molecular weight is 472 g/mol. The van der Waals surface area contributed by atoms with E-state index in [-0.39, 0.29) is 6.42 Å². The smallest absolute Gasteiger partial charge is 0.235 e. The average Bonchev–Trinajstić information content (AvgIpc) is 2.81. The highest BCUT2D eigenvalue weighted by molar-refractivity contribution is 6.10. The molecule has 3 aromatic rings. The maximum atomic E-state index is 13.7. The van der Waals surface area contributed by atoms with Crippen LogP contribution in [0.5, 0.6) is 0 Å². The molecule has 7 nitrogen and oxygen atoms in total. The van der Waals surface area contributed by atoms with Gasteiger partial charge in [0.15, 0.2) is 0 Å². The summed E-state index contributed by atoms with van der Waals surface area (Å²) in [6.45, 7) is 5.22. The molecule has 1 aliphatic rings. The second-order valence-electron chi connectivity index (χ2n) is 9.37. The molecule has 35 heavy (non-hydrogen) atoms. The molecule has 0 aliphatic heterocycles. The molecule has 3 N–H and O–H groups in total. The van der Waals surface area contributed by atoms with Crippen LogP contribution in [-0.4, -0.2) is 33.3 Å². The van der Waals surface area contributed by atoms with Gasteiger partial charge in [0.1, 0.15) is 11.7 Å². The molecule has 1 heterocycles. The van der Waals surface area contributed by atoms with Gasteiger partial charge in [-0.15, -0.1) is 0 Å². The van der Waals surface area contributed by atoms with E-state index in [0.29, 0.717) is 16.9 Å². The van der Waals surface area contributed by atoms with Crippen molar-refractivity contribution in [1.29, 1.82) is 0 Å². The summed E-state index contributed by atoms with van der Waals surface area (Å²) in [6.07, 6.45) is 2.79. The van der Waals surface area contributed by atoms with Gasteiger partial charge < -0.3 is 15.7 Å². The molecule has 4 atom stereocenters. The Morgan fingerprint density at radius 3 is 1.94 bits per heavy atom. The Balaban J connectivity index is 1.76. The molecule has 0 unspecified atom stereocenters. The zero-order valence-corrected chi connectivity index (χ0v) is 20.0. The van der Waals surface area contributed by atoms with Crippen LogP contribution in [0.4, 0.5) is 11.4 Å². The van der Waals surface area contributed by atoms with E-state index < -0.39 is 41.0 Å². The van der Waals surface area contributed by atoms with Crippen LogP contribution in [0.25, 0.3) is 0 Å². The van der Waals surface area contributed by atoms with E-state index >= 15 is 0 Å².